The molecule has 1 aliphatic heterocycles. The van der Waals surface area contributed by atoms with Crippen molar-refractivity contribution < 1.29 is 42.7 Å². The van der Waals surface area contributed by atoms with E-state index in [1.165, 1.54) is 25.4 Å². The Kier molecular flexibility index (Phi) is 16.3. The van der Waals surface area contributed by atoms with E-state index >= 15 is 0 Å². The van der Waals surface area contributed by atoms with Crippen LogP contribution in [0, 0.1) is 0 Å². The number of aliphatic carboxylic acids is 1. The molecule has 0 radical (unpaired) electrons. The average Bonchev–Trinajstić information content (AvgIpc) is 3.29. The zero-order valence-corrected chi connectivity index (χ0v) is 39.4. The summed E-state index contributed by atoms with van der Waals surface area (Å²) in [7, 11) is 1.53. The second kappa shape index (κ2) is 22.0. The van der Waals surface area contributed by atoms with Gasteiger partial charge in [0, 0.05) is 86.7 Å². The summed E-state index contributed by atoms with van der Waals surface area (Å²) in [6.45, 7) is 9.53. The Morgan fingerprint density at radius 3 is 2.30 bits per heavy atom. The highest BCUT2D eigenvalue weighted by atomic mass is 32.2. The minimum absolute atomic E-state index is 0.0121. The van der Waals surface area contributed by atoms with Gasteiger partial charge in [-0.3, -0.25) is 24.2 Å². The number of ether oxygens (including phenoxy) is 3. The summed E-state index contributed by atoms with van der Waals surface area (Å²) >= 11 is 0. The molecule has 1 saturated heterocycles. The lowest BCUT2D eigenvalue weighted by Crippen LogP contribution is -2.50. The van der Waals surface area contributed by atoms with Gasteiger partial charge in [0.15, 0.2) is 5.75 Å². The maximum absolute atomic E-state index is 13.4. The quantitative estimate of drug-likeness (QED) is 0.0521. The van der Waals surface area contributed by atoms with Crippen molar-refractivity contribution in [3.8, 4) is 23.0 Å². The molecule has 5 aromatic rings. The number of pyridine rings is 1. The number of aromatic nitrogens is 1. The van der Waals surface area contributed by atoms with E-state index in [9.17, 15) is 23.4 Å². The average molecular weight is 938 g/mol. The maximum Gasteiger partial charge on any atom is 0.324 e. The van der Waals surface area contributed by atoms with Crippen molar-refractivity contribution in [2.45, 2.75) is 51.5 Å². The summed E-state index contributed by atoms with van der Waals surface area (Å²) in [5.41, 5.74) is 14.5. The van der Waals surface area contributed by atoms with Crippen LogP contribution in [0.2, 0.25) is 0 Å². The smallest absolute Gasteiger partial charge is 0.324 e. The van der Waals surface area contributed by atoms with Gasteiger partial charge in [-0.2, -0.15) is 0 Å². The summed E-state index contributed by atoms with van der Waals surface area (Å²) < 4.78 is 33.2. The molecule has 356 valence electrons. The van der Waals surface area contributed by atoms with Crippen molar-refractivity contribution >= 4 is 74.1 Å². The maximum atomic E-state index is 13.4. The molecule has 1 fully saturated rings. The molecule has 4 amide bonds. The van der Waals surface area contributed by atoms with E-state index in [1.807, 2.05) is 57.2 Å². The van der Waals surface area contributed by atoms with Gasteiger partial charge in [-0.15, -0.1) is 0 Å². The van der Waals surface area contributed by atoms with Crippen LogP contribution in [0.4, 0.5) is 33.4 Å². The summed E-state index contributed by atoms with van der Waals surface area (Å²) in [6.07, 6.45) is 4.05. The van der Waals surface area contributed by atoms with E-state index in [2.05, 4.69) is 25.2 Å². The number of urea groups is 1. The molecule has 18 nitrogen and oxygen atoms in total. The van der Waals surface area contributed by atoms with Crippen LogP contribution in [0.25, 0.3) is 10.8 Å². The Bertz CT molecular complexity index is 2630. The highest BCUT2D eigenvalue weighted by Crippen LogP contribution is 2.46. The van der Waals surface area contributed by atoms with Crippen LogP contribution in [-0.2, 0) is 26.0 Å². The zero-order valence-electron chi connectivity index (χ0n) is 38.6. The van der Waals surface area contributed by atoms with Crippen molar-refractivity contribution in [2.24, 2.45) is 11.5 Å². The molecule has 19 heteroatoms. The SMILES string of the molecule is COc1cc(Nc2cc(Oc3ccc(N(C(N)=O)c4cc(C(C)(C)C)cc(NS(C)=O)c4OC)c4ccccc34)ccn2)ccc1C(=O)NCCN1CCN(C(=O)CCC[C@@H](N)C(=O)O)CC1. The number of benzene rings is 4. The Balaban J connectivity index is 1.11. The van der Waals surface area contributed by atoms with Crippen LogP contribution in [-0.4, -0.2) is 114 Å². The molecular formula is C48H59N9O9S. The van der Waals surface area contributed by atoms with Crippen LogP contribution in [0.15, 0.2) is 85.1 Å². The first-order chi connectivity index (χ1) is 32.0. The summed E-state index contributed by atoms with van der Waals surface area (Å²) in [5.74, 6) is 0.717. The van der Waals surface area contributed by atoms with Gasteiger partial charge in [-0.25, -0.2) is 14.0 Å². The van der Waals surface area contributed by atoms with E-state index in [1.54, 1.807) is 53.6 Å². The number of fused-ring (bicyclic) bond motifs is 1. The number of carboxylic acids is 1. The fraction of sp³-hybridized carbons (Fsp3) is 0.354. The first-order valence-corrected chi connectivity index (χ1v) is 23.3. The van der Waals surface area contributed by atoms with Gasteiger partial charge < -0.3 is 51.0 Å². The number of nitrogens with zero attached hydrogens (tertiary/aromatic N) is 4. The zero-order chi connectivity index (χ0) is 48.4. The summed E-state index contributed by atoms with van der Waals surface area (Å²) in [4.78, 5) is 60.0. The summed E-state index contributed by atoms with van der Waals surface area (Å²) in [5, 5.41) is 16.5. The third kappa shape index (κ3) is 12.5. The number of nitrogens with one attached hydrogen (secondary N) is 3. The monoisotopic (exact) mass is 937 g/mol. The number of methoxy groups -OCH3 is 2. The number of rotatable bonds is 19. The molecule has 0 saturated carbocycles. The van der Waals surface area contributed by atoms with Gasteiger partial charge in [-0.05, 0) is 66.3 Å². The van der Waals surface area contributed by atoms with E-state index in [4.69, 9.17) is 30.8 Å². The lowest BCUT2D eigenvalue weighted by atomic mass is 9.86. The highest BCUT2D eigenvalue weighted by Gasteiger charge is 2.28. The lowest BCUT2D eigenvalue weighted by molar-refractivity contribution is -0.139. The molecule has 2 atom stereocenters. The third-order valence-corrected chi connectivity index (χ3v) is 11.8. The topological polar surface area (TPSA) is 244 Å². The Hall–Kier alpha value is -6.96. The van der Waals surface area contributed by atoms with Gasteiger partial charge in [0.25, 0.3) is 5.91 Å². The van der Waals surface area contributed by atoms with Crippen LogP contribution < -0.4 is 45.9 Å². The first kappa shape index (κ1) is 49.5. The second-order valence-electron chi connectivity index (χ2n) is 17.0. The predicted octanol–water partition coefficient (Wildman–Crippen LogP) is 6.46. The first-order valence-electron chi connectivity index (χ1n) is 21.8. The van der Waals surface area contributed by atoms with Crippen LogP contribution in [0.5, 0.6) is 23.0 Å². The predicted molar refractivity (Wildman–Crippen MR) is 260 cm³/mol. The molecule has 1 aromatic heterocycles. The molecule has 2 heterocycles. The van der Waals surface area contributed by atoms with Crippen molar-refractivity contribution in [1.82, 2.24) is 20.1 Å². The molecule has 1 unspecified atom stereocenters. The Morgan fingerprint density at radius 1 is 0.910 bits per heavy atom. The Morgan fingerprint density at radius 2 is 1.64 bits per heavy atom. The number of piperazine rings is 1. The molecule has 0 aliphatic carbocycles. The van der Waals surface area contributed by atoms with E-state index in [0.29, 0.717) is 114 Å². The number of anilines is 5. The molecule has 0 bridgehead atoms. The number of carbonyl (C=O) groups is 4. The van der Waals surface area contributed by atoms with Crippen LogP contribution >= 0.6 is 0 Å². The molecule has 0 spiro atoms. The number of primary amides is 1. The standard InChI is InChI=1S/C48H59N9O9S/c1-48(2,3)30-26-37(54-67(6)63)44(65-5)39(27-30)57(47(50)62)38-16-17-40(34-11-8-7-10-33(34)38)66-32-18-19-51-42(29-32)53-31-14-15-35(41(28-31)64-4)45(59)52-20-21-55-22-24-56(25-23-55)43(58)13-9-12-36(49)46(60)61/h7-8,10-11,14-19,26-29,36,54H,9,12-13,20-25,49H2,1-6H3,(H2,50,62)(H,51,53)(H,52,59)(H,60,61)/t36-,67?/m1/s1. The molecule has 1 aliphatic rings. The number of hydrogen-bond acceptors (Lipinski definition) is 12. The van der Waals surface area contributed by atoms with E-state index in [0.717, 1.165) is 5.56 Å². The normalized spacial score (nSPS) is 13.9. The van der Waals surface area contributed by atoms with Crippen molar-refractivity contribution in [2.75, 3.05) is 74.7 Å². The number of carboxylic acid groups (broad SMARTS) is 1. The number of amides is 4. The van der Waals surface area contributed by atoms with Crippen LogP contribution in [0.3, 0.4) is 0 Å². The van der Waals surface area contributed by atoms with E-state index in [-0.39, 0.29) is 30.1 Å². The second-order valence-corrected chi connectivity index (χ2v) is 18.1. The lowest BCUT2D eigenvalue weighted by Gasteiger charge is -2.34. The largest absolute Gasteiger partial charge is 0.496 e. The fourth-order valence-electron chi connectivity index (χ4n) is 7.74. The van der Waals surface area contributed by atoms with Gasteiger partial charge in [0.05, 0.1) is 36.8 Å². The highest BCUT2D eigenvalue weighted by molar-refractivity contribution is 7.85. The minimum atomic E-state index is -1.44. The van der Waals surface area contributed by atoms with Crippen molar-refractivity contribution in [1.29, 1.82) is 0 Å². The molecule has 8 N–H and O–H groups in total. The fourth-order valence-corrected chi connectivity index (χ4v) is 8.20. The van der Waals surface area contributed by atoms with Gasteiger partial charge in [-0.1, -0.05) is 45.0 Å². The molecule has 6 rings (SSSR count). The third-order valence-electron chi connectivity index (χ3n) is 11.3. The number of carbonyl (C=O) groups excluding carboxylic acids is 3. The molecule has 4 aromatic carbocycles. The number of hydrogen-bond donors (Lipinski definition) is 6. The minimum Gasteiger partial charge on any atom is -0.496 e. The van der Waals surface area contributed by atoms with Gasteiger partial charge >= 0.3 is 12.0 Å². The Labute approximate surface area is 392 Å². The van der Waals surface area contributed by atoms with Gasteiger partial charge in [0.2, 0.25) is 5.91 Å². The summed E-state index contributed by atoms with van der Waals surface area (Å²) in [6, 6.07) is 21.6. The number of nitrogens with two attached hydrogens (primary N) is 2. The molecule has 67 heavy (non-hydrogen) atoms. The van der Waals surface area contributed by atoms with Gasteiger partial charge in [0.1, 0.15) is 40.1 Å². The van der Waals surface area contributed by atoms with Crippen molar-refractivity contribution in [3.63, 3.8) is 0 Å². The van der Waals surface area contributed by atoms with E-state index < -0.39 is 29.0 Å². The van der Waals surface area contributed by atoms with Crippen LogP contribution in [0.1, 0.15) is 56.0 Å². The van der Waals surface area contributed by atoms with Crippen molar-refractivity contribution in [3.05, 3.63) is 96.2 Å². The molecular weight excluding hydrogens is 879 g/mol.